The van der Waals surface area contributed by atoms with Crippen LogP contribution in [0.4, 0.5) is 4.79 Å². The Balaban J connectivity index is 0.00000338. The number of carbonyl (C=O) groups is 1. The largest absolute Gasteiger partial charge is 0.490 e. The fraction of sp³-hybridized carbons (Fsp3) is 0.588. The fourth-order valence-electron chi connectivity index (χ4n) is 2.49. The predicted molar refractivity (Wildman–Crippen MR) is 111 cm³/mol. The summed E-state index contributed by atoms with van der Waals surface area (Å²) < 4.78 is 10.7. The second-order valence-electron chi connectivity index (χ2n) is 5.45. The lowest BCUT2D eigenvalue weighted by molar-refractivity contribution is 0.0914. The van der Waals surface area contributed by atoms with Crippen LogP contribution in [0.1, 0.15) is 13.8 Å². The highest BCUT2D eigenvalue weighted by atomic mass is 127. The van der Waals surface area contributed by atoms with E-state index in [1.54, 1.807) is 17.3 Å². The van der Waals surface area contributed by atoms with Crippen LogP contribution in [0.2, 0.25) is 0 Å². The van der Waals surface area contributed by atoms with Crippen molar-refractivity contribution in [2.45, 2.75) is 13.8 Å². The monoisotopic (exact) mass is 477 g/mol. The van der Waals surface area contributed by atoms with Gasteiger partial charge in [0.05, 0.1) is 19.3 Å². The van der Waals surface area contributed by atoms with Gasteiger partial charge in [0.1, 0.15) is 12.4 Å². The van der Waals surface area contributed by atoms with Crippen LogP contribution in [0.25, 0.3) is 0 Å². The molecule has 1 aromatic rings. The van der Waals surface area contributed by atoms with Crippen LogP contribution in [0, 0.1) is 0 Å². The first-order valence-corrected chi connectivity index (χ1v) is 8.72. The smallest absolute Gasteiger partial charge is 0.409 e. The molecule has 8 nitrogen and oxygen atoms in total. The lowest BCUT2D eigenvalue weighted by atomic mass is 10.3. The number of amides is 1. The summed E-state index contributed by atoms with van der Waals surface area (Å²) in [4.78, 5) is 24.3. The van der Waals surface area contributed by atoms with E-state index in [1.807, 2.05) is 26.0 Å². The Morgan fingerprint density at radius 2 is 2.00 bits per heavy atom. The van der Waals surface area contributed by atoms with Gasteiger partial charge >= 0.3 is 6.09 Å². The Hall–Kier alpha value is -1.78. The van der Waals surface area contributed by atoms with E-state index >= 15 is 0 Å². The van der Waals surface area contributed by atoms with Crippen molar-refractivity contribution in [3.05, 3.63) is 24.5 Å². The molecule has 0 bridgehead atoms. The second kappa shape index (κ2) is 12.6. The van der Waals surface area contributed by atoms with Gasteiger partial charge in [-0.2, -0.15) is 0 Å². The third-order valence-corrected chi connectivity index (χ3v) is 3.70. The van der Waals surface area contributed by atoms with Crippen molar-refractivity contribution in [1.82, 2.24) is 20.1 Å². The molecule has 146 valence electrons. The van der Waals surface area contributed by atoms with Gasteiger partial charge in [-0.1, -0.05) is 0 Å². The van der Waals surface area contributed by atoms with Crippen molar-refractivity contribution in [1.29, 1.82) is 0 Å². The van der Waals surface area contributed by atoms with Crippen LogP contribution in [0.5, 0.6) is 5.75 Å². The molecule has 1 fully saturated rings. The molecule has 1 saturated heterocycles. The minimum absolute atomic E-state index is 0. The summed E-state index contributed by atoms with van der Waals surface area (Å²) in [5, 5.41) is 3.29. The van der Waals surface area contributed by atoms with Gasteiger partial charge in [0.25, 0.3) is 0 Å². The van der Waals surface area contributed by atoms with E-state index in [0.29, 0.717) is 32.8 Å². The molecule has 0 atom stereocenters. The van der Waals surface area contributed by atoms with E-state index < -0.39 is 0 Å². The molecule has 0 aliphatic carbocycles. The average Bonchev–Trinajstić information content (AvgIpc) is 2.65. The van der Waals surface area contributed by atoms with Crippen LogP contribution in [0.3, 0.4) is 0 Å². The Labute approximate surface area is 172 Å². The number of nitrogens with zero attached hydrogens (tertiary/aromatic N) is 4. The van der Waals surface area contributed by atoms with E-state index in [4.69, 9.17) is 9.47 Å². The minimum Gasteiger partial charge on any atom is -0.490 e. The maximum Gasteiger partial charge on any atom is 0.409 e. The predicted octanol–water partition coefficient (Wildman–Crippen LogP) is 1.82. The van der Waals surface area contributed by atoms with Crippen LogP contribution in [-0.4, -0.2) is 79.3 Å². The van der Waals surface area contributed by atoms with Crippen LogP contribution >= 0.6 is 24.0 Å². The first-order chi connectivity index (χ1) is 12.2. The van der Waals surface area contributed by atoms with E-state index in [2.05, 4.69) is 20.2 Å². The normalized spacial score (nSPS) is 14.5. The summed E-state index contributed by atoms with van der Waals surface area (Å²) >= 11 is 0. The van der Waals surface area contributed by atoms with Gasteiger partial charge in [-0.25, -0.2) is 9.79 Å². The number of ether oxygens (including phenoxy) is 2. The second-order valence-corrected chi connectivity index (χ2v) is 5.45. The van der Waals surface area contributed by atoms with Gasteiger partial charge in [-0.15, -0.1) is 24.0 Å². The van der Waals surface area contributed by atoms with E-state index in [-0.39, 0.29) is 30.1 Å². The molecule has 1 N–H and O–H groups in total. The quantitative estimate of drug-likeness (QED) is 0.292. The summed E-state index contributed by atoms with van der Waals surface area (Å²) in [5.41, 5.74) is 0. The van der Waals surface area contributed by atoms with E-state index in [0.717, 1.165) is 31.3 Å². The maximum absolute atomic E-state index is 11.8. The number of aliphatic imine (C=N–C) groups is 1. The summed E-state index contributed by atoms with van der Waals surface area (Å²) in [5.74, 6) is 1.59. The molecule has 2 heterocycles. The number of nitrogens with one attached hydrogen (secondary N) is 1. The summed E-state index contributed by atoms with van der Waals surface area (Å²) in [6, 6.07) is 3.71. The van der Waals surface area contributed by atoms with Crippen molar-refractivity contribution in [2.24, 2.45) is 4.99 Å². The van der Waals surface area contributed by atoms with Crippen LogP contribution in [0.15, 0.2) is 29.5 Å². The van der Waals surface area contributed by atoms with Crippen LogP contribution in [-0.2, 0) is 4.74 Å². The van der Waals surface area contributed by atoms with Crippen molar-refractivity contribution >= 4 is 36.0 Å². The summed E-state index contributed by atoms with van der Waals surface area (Å²) in [7, 11) is 0. The molecular weight excluding hydrogens is 449 g/mol. The third kappa shape index (κ3) is 7.22. The standard InChI is InChI=1S/C17H27N5O3.HI/c1-3-19-16(20-8-13-25-15-6-5-7-18-14-15)21-9-11-22(12-10-21)17(23)24-4-2;/h5-7,14H,3-4,8-13H2,1-2H3,(H,19,20);1H. The highest BCUT2D eigenvalue weighted by Crippen LogP contribution is 2.06. The number of guanidine groups is 1. The number of rotatable bonds is 6. The number of aromatic nitrogens is 1. The zero-order chi connectivity index (χ0) is 17.9. The summed E-state index contributed by atoms with van der Waals surface area (Å²) in [6.07, 6.45) is 3.15. The van der Waals surface area contributed by atoms with E-state index in [9.17, 15) is 4.79 Å². The number of halogens is 1. The lowest BCUT2D eigenvalue weighted by Crippen LogP contribution is -2.54. The highest BCUT2D eigenvalue weighted by Gasteiger charge is 2.23. The van der Waals surface area contributed by atoms with Gasteiger partial charge in [-0.05, 0) is 26.0 Å². The van der Waals surface area contributed by atoms with Gasteiger partial charge in [0.2, 0.25) is 0 Å². The maximum atomic E-state index is 11.8. The molecule has 9 heteroatoms. The topological polar surface area (TPSA) is 79.3 Å². The molecular formula is C17H28IN5O3. The van der Waals surface area contributed by atoms with Crippen molar-refractivity contribution in [3.63, 3.8) is 0 Å². The first-order valence-electron chi connectivity index (χ1n) is 8.72. The molecule has 1 aromatic heterocycles. The van der Waals surface area contributed by atoms with Crippen molar-refractivity contribution in [2.75, 3.05) is 52.5 Å². The molecule has 0 unspecified atom stereocenters. The number of carbonyl (C=O) groups excluding carboxylic acids is 1. The van der Waals surface area contributed by atoms with Crippen LogP contribution < -0.4 is 10.1 Å². The van der Waals surface area contributed by atoms with Gasteiger partial charge < -0.3 is 24.6 Å². The van der Waals surface area contributed by atoms with Gasteiger partial charge in [0, 0.05) is 38.9 Å². The number of hydrogen-bond acceptors (Lipinski definition) is 5. The molecule has 1 amide bonds. The molecule has 1 aliphatic heterocycles. The Morgan fingerprint density at radius 3 is 2.62 bits per heavy atom. The minimum atomic E-state index is -0.242. The Bertz CT molecular complexity index is 551. The molecule has 26 heavy (non-hydrogen) atoms. The number of pyridine rings is 1. The first kappa shape index (κ1) is 22.3. The van der Waals surface area contributed by atoms with E-state index in [1.165, 1.54) is 0 Å². The number of hydrogen-bond donors (Lipinski definition) is 1. The molecule has 0 saturated carbocycles. The highest BCUT2D eigenvalue weighted by molar-refractivity contribution is 14.0. The van der Waals surface area contributed by atoms with Crippen molar-refractivity contribution in [3.8, 4) is 5.75 Å². The molecule has 0 spiro atoms. The van der Waals surface area contributed by atoms with Gasteiger partial charge in [-0.3, -0.25) is 4.98 Å². The Morgan fingerprint density at radius 1 is 1.27 bits per heavy atom. The average molecular weight is 477 g/mol. The molecule has 1 aliphatic rings. The fourth-order valence-corrected chi connectivity index (χ4v) is 2.49. The van der Waals surface area contributed by atoms with Crippen molar-refractivity contribution < 1.29 is 14.3 Å². The third-order valence-electron chi connectivity index (χ3n) is 3.70. The lowest BCUT2D eigenvalue weighted by Gasteiger charge is -2.35. The molecule has 0 radical (unpaired) electrons. The molecule has 2 rings (SSSR count). The SMILES string of the molecule is CCNC(=NCCOc1cccnc1)N1CCN(C(=O)OCC)CC1.I. The molecule has 0 aromatic carbocycles. The summed E-state index contributed by atoms with van der Waals surface area (Å²) in [6.45, 7) is 8.82. The van der Waals surface area contributed by atoms with Gasteiger partial charge in [0.15, 0.2) is 5.96 Å². The zero-order valence-electron chi connectivity index (χ0n) is 15.4. The zero-order valence-corrected chi connectivity index (χ0v) is 17.7. The Kier molecular flexibility index (Phi) is 10.7. The number of piperazine rings is 1.